The van der Waals surface area contributed by atoms with Crippen molar-refractivity contribution in [2.75, 3.05) is 0 Å². The molecule has 5 heteroatoms. The number of rotatable bonds is 4. The highest BCUT2D eigenvalue weighted by molar-refractivity contribution is 6.17. The third-order valence-corrected chi connectivity index (χ3v) is 2.62. The number of hydrogen-bond acceptors (Lipinski definition) is 2. The van der Waals surface area contributed by atoms with E-state index >= 15 is 0 Å². The highest BCUT2D eigenvalue weighted by Crippen LogP contribution is 2.26. The Kier molecular flexibility index (Phi) is 3.64. The standard InChI is InChI=1S/C12H12ClFN2O/c1-2-16-8-11(7-15-16)17-12-4-3-10(14)5-9(12)6-13/h3-5,7-8H,2,6H2,1H3. The number of aryl methyl sites for hydroxylation is 1. The molecule has 1 aromatic carbocycles. The minimum Gasteiger partial charge on any atom is -0.454 e. The van der Waals surface area contributed by atoms with Crippen LogP contribution in [0.2, 0.25) is 0 Å². The van der Waals surface area contributed by atoms with Crippen LogP contribution in [0.15, 0.2) is 30.6 Å². The van der Waals surface area contributed by atoms with Crippen molar-refractivity contribution < 1.29 is 9.13 Å². The third kappa shape index (κ3) is 2.77. The minimum absolute atomic E-state index is 0.203. The van der Waals surface area contributed by atoms with Crippen LogP contribution < -0.4 is 4.74 Å². The molecule has 0 radical (unpaired) electrons. The van der Waals surface area contributed by atoms with E-state index < -0.39 is 0 Å². The second-order valence-electron chi connectivity index (χ2n) is 3.52. The lowest BCUT2D eigenvalue weighted by molar-refractivity contribution is 0.474. The smallest absolute Gasteiger partial charge is 0.165 e. The van der Waals surface area contributed by atoms with Crippen LogP contribution in [0.1, 0.15) is 12.5 Å². The molecular formula is C12H12ClFN2O. The molecule has 2 aromatic rings. The van der Waals surface area contributed by atoms with Gasteiger partial charge in [-0.2, -0.15) is 5.10 Å². The number of benzene rings is 1. The van der Waals surface area contributed by atoms with Crippen LogP contribution >= 0.6 is 11.6 Å². The van der Waals surface area contributed by atoms with Crippen molar-refractivity contribution in [3.8, 4) is 11.5 Å². The lowest BCUT2D eigenvalue weighted by Gasteiger charge is -2.07. The number of alkyl halides is 1. The number of halogens is 2. The van der Waals surface area contributed by atoms with Crippen LogP contribution in [-0.2, 0) is 12.4 Å². The van der Waals surface area contributed by atoms with Gasteiger partial charge in [-0.15, -0.1) is 11.6 Å². The van der Waals surface area contributed by atoms with Gasteiger partial charge in [0.1, 0.15) is 11.6 Å². The molecule has 1 heterocycles. The molecule has 0 saturated carbocycles. The number of nitrogens with zero attached hydrogens (tertiary/aromatic N) is 2. The topological polar surface area (TPSA) is 27.1 Å². The molecule has 0 aliphatic rings. The van der Waals surface area contributed by atoms with Gasteiger partial charge in [0.15, 0.2) is 5.75 Å². The summed E-state index contributed by atoms with van der Waals surface area (Å²) in [4.78, 5) is 0. The molecule has 3 nitrogen and oxygen atoms in total. The van der Waals surface area contributed by atoms with E-state index in [-0.39, 0.29) is 11.7 Å². The van der Waals surface area contributed by atoms with Gasteiger partial charge in [-0.25, -0.2) is 4.39 Å². The SMILES string of the molecule is CCn1cc(Oc2ccc(F)cc2CCl)cn1. The molecule has 2 rings (SSSR count). The first-order chi connectivity index (χ1) is 8.22. The molecule has 0 aliphatic carbocycles. The van der Waals surface area contributed by atoms with Crippen LogP contribution in [-0.4, -0.2) is 9.78 Å². The molecule has 0 bridgehead atoms. The van der Waals surface area contributed by atoms with Gasteiger partial charge in [-0.1, -0.05) is 0 Å². The average molecular weight is 255 g/mol. The molecule has 0 amide bonds. The molecule has 0 atom stereocenters. The van der Waals surface area contributed by atoms with Crippen molar-refractivity contribution >= 4 is 11.6 Å². The van der Waals surface area contributed by atoms with Gasteiger partial charge in [-0.3, -0.25) is 4.68 Å². The Bertz CT molecular complexity index is 513. The van der Waals surface area contributed by atoms with Crippen molar-refractivity contribution in [2.24, 2.45) is 0 Å². The largest absolute Gasteiger partial charge is 0.454 e. The van der Waals surface area contributed by atoms with Crippen LogP contribution in [0.4, 0.5) is 4.39 Å². The maximum absolute atomic E-state index is 13.0. The lowest BCUT2D eigenvalue weighted by Crippen LogP contribution is -1.92. The van der Waals surface area contributed by atoms with Gasteiger partial charge in [0.2, 0.25) is 0 Å². The zero-order valence-corrected chi connectivity index (χ0v) is 10.1. The van der Waals surface area contributed by atoms with Crippen molar-refractivity contribution in [3.05, 3.63) is 42.0 Å². The van der Waals surface area contributed by atoms with E-state index in [9.17, 15) is 4.39 Å². The quantitative estimate of drug-likeness (QED) is 0.780. The van der Waals surface area contributed by atoms with Gasteiger partial charge < -0.3 is 4.74 Å². The monoisotopic (exact) mass is 254 g/mol. The van der Waals surface area contributed by atoms with E-state index in [0.717, 1.165) is 6.54 Å². The molecule has 0 saturated heterocycles. The predicted molar refractivity (Wildman–Crippen MR) is 63.9 cm³/mol. The summed E-state index contributed by atoms with van der Waals surface area (Å²) in [6.45, 7) is 2.76. The van der Waals surface area contributed by atoms with Crippen molar-refractivity contribution in [2.45, 2.75) is 19.3 Å². The average Bonchev–Trinajstić information content (AvgIpc) is 2.79. The Morgan fingerprint density at radius 1 is 1.47 bits per heavy atom. The van der Waals surface area contributed by atoms with Crippen LogP contribution in [0.3, 0.4) is 0 Å². The summed E-state index contributed by atoms with van der Waals surface area (Å²) in [6, 6.07) is 4.28. The predicted octanol–water partition coefficient (Wildman–Crippen LogP) is 3.57. The number of hydrogen-bond donors (Lipinski definition) is 0. The maximum atomic E-state index is 13.0. The summed E-state index contributed by atoms with van der Waals surface area (Å²) in [5.41, 5.74) is 0.621. The Hall–Kier alpha value is -1.55. The minimum atomic E-state index is -0.322. The van der Waals surface area contributed by atoms with Crippen molar-refractivity contribution in [1.82, 2.24) is 9.78 Å². The summed E-state index contributed by atoms with van der Waals surface area (Å²) in [7, 11) is 0. The molecule has 0 unspecified atom stereocenters. The van der Waals surface area contributed by atoms with E-state index in [0.29, 0.717) is 17.1 Å². The first kappa shape index (κ1) is 11.9. The van der Waals surface area contributed by atoms with Gasteiger partial charge in [0.05, 0.1) is 18.3 Å². The summed E-state index contributed by atoms with van der Waals surface area (Å²) >= 11 is 5.74. The molecule has 17 heavy (non-hydrogen) atoms. The van der Waals surface area contributed by atoms with E-state index in [1.807, 2.05) is 6.92 Å². The number of ether oxygens (including phenoxy) is 1. The Morgan fingerprint density at radius 3 is 2.94 bits per heavy atom. The van der Waals surface area contributed by atoms with E-state index in [1.165, 1.54) is 12.1 Å². The summed E-state index contributed by atoms with van der Waals surface area (Å²) in [5, 5.41) is 4.09. The fraction of sp³-hybridized carbons (Fsp3) is 0.250. The van der Waals surface area contributed by atoms with Crippen LogP contribution in [0.25, 0.3) is 0 Å². The molecule has 0 N–H and O–H groups in total. The zero-order chi connectivity index (χ0) is 12.3. The van der Waals surface area contributed by atoms with Gasteiger partial charge >= 0.3 is 0 Å². The highest BCUT2D eigenvalue weighted by Gasteiger charge is 2.07. The summed E-state index contributed by atoms with van der Waals surface area (Å²) in [6.07, 6.45) is 3.40. The zero-order valence-electron chi connectivity index (χ0n) is 9.36. The second kappa shape index (κ2) is 5.19. The fourth-order valence-corrected chi connectivity index (χ4v) is 1.66. The fourth-order valence-electron chi connectivity index (χ4n) is 1.45. The summed E-state index contributed by atoms with van der Waals surface area (Å²) in [5.74, 6) is 1.05. The first-order valence-electron chi connectivity index (χ1n) is 5.27. The van der Waals surface area contributed by atoms with Gasteiger partial charge in [-0.05, 0) is 25.1 Å². The van der Waals surface area contributed by atoms with Gasteiger partial charge in [0.25, 0.3) is 0 Å². The first-order valence-corrected chi connectivity index (χ1v) is 5.81. The Balaban J connectivity index is 2.23. The van der Waals surface area contributed by atoms with Gasteiger partial charge in [0, 0.05) is 12.1 Å². The normalized spacial score (nSPS) is 10.5. The lowest BCUT2D eigenvalue weighted by atomic mass is 10.2. The molecule has 0 fully saturated rings. The molecule has 0 aliphatic heterocycles. The maximum Gasteiger partial charge on any atom is 0.165 e. The molecular weight excluding hydrogens is 243 g/mol. The van der Waals surface area contributed by atoms with E-state index in [4.69, 9.17) is 16.3 Å². The van der Waals surface area contributed by atoms with E-state index in [2.05, 4.69) is 5.10 Å². The second-order valence-corrected chi connectivity index (χ2v) is 3.79. The van der Waals surface area contributed by atoms with Crippen molar-refractivity contribution in [3.63, 3.8) is 0 Å². The van der Waals surface area contributed by atoms with Crippen LogP contribution in [0.5, 0.6) is 11.5 Å². The Morgan fingerprint density at radius 2 is 2.29 bits per heavy atom. The third-order valence-electron chi connectivity index (χ3n) is 2.33. The highest BCUT2D eigenvalue weighted by atomic mass is 35.5. The molecule has 90 valence electrons. The number of aromatic nitrogens is 2. The Labute approximate surface area is 104 Å². The summed E-state index contributed by atoms with van der Waals surface area (Å²) < 4.78 is 20.4. The molecule has 0 spiro atoms. The van der Waals surface area contributed by atoms with E-state index in [1.54, 1.807) is 23.1 Å². The molecule has 1 aromatic heterocycles. The van der Waals surface area contributed by atoms with Crippen molar-refractivity contribution in [1.29, 1.82) is 0 Å². The van der Waals surface area contributed by atoms with Crippen LogP contribution in [0, 0.1) is 5.82 Å².